The zero-order valence-corrected chi connectivity index (χ0v) is 17.1. The number of rotatable bonds is 7. The fourth-order valence-electron chi connectivity index (χ4n) is 2.39. The van der Waals surface area contributed by atoms with E-state index in [1.54, 1.807) is 49.4 Å². The van der Waals surface area contributed by atoms with Crippen molar-refractivity contribution in [2.45, 2.75) is 19.5 Å². The summed E-state index contributed by atoms with van der Waals surface area (Å²) in [5.74, 6) is -0.114. The maximum absolute atomic E-state index is 12.7. The topological polar surface area (TPSA) is 58.6 Å². The van der Waals surface area contributed by atoms with E-state index in [0.29, 0.717) is 20.8 Å². The van der Waals surface area contributed by atoms with Crippen molar-refractivity contribution in [1.82, 2.24) is 10.2 Å². The van der Waals surface area contributed by atoms with Crippen molar-refractivity contribution in [3.8, 4) is 5.75 Å². The second kappa shape index (κ2) is 9.83. The molecule has 8 heteroatoms. The van der Waals surface area contributed by atoms with E-state index in [-0.39, 0.29) is 25.0 Å². The highest BCUT2D eigenvalue weighted by molar-refractivity contribution is 6.42. The van der Waals surface area contributed by atoms with Crippen LogP contribution in [0.1, 0.15) is 12.5 Å². The second-order valence-electron chi connectivity index (χ2n) is 5.80. The van der Waals surface area contributed by atoms with Crippen molar-refractivity contribution in [2.24, 2.45) is 0 Å². The van der Waals surface area contributed by atoms with E-state index in [1.807, 2.05) is 0 Å². The largest absolute Gasteiger partial charge is 0.484 e. The Morgan fingerprint density at radius 1 is 1.07 bits per heavy atom. The highest BCUT2D eigenvalue weighted by atomic mass is 35.5. The van der Waals surface area contributed by atoms with E-state index in [1.165, 1.54) is 11.9 Å². The van der Waals surface area contributed by atoms with Crippen molar-refractivity contribution in [3.63, 3.8) is 0 Å². The summed E-state index contributed by atoms with van der Waals surface area (Å²) in [4.78, 5) is 26.2. The van der Waals surface area contributed by atoms with Gasteiger partial charge < -0.3 is 15.0 Å². The molecule has 5 nitrogen and oxygen atoms in total. The molecule has 0 fully saturated rings. The average molecular weight is 430 g/mol. The number of benzene rings is 2. The van der Waals surface area contributed by atoms with Gasteiger partial charge in [-0.25, -0.2) is 0 Å². The van der Waals surface area contributed by atoms with Gasteiger partial charge in [-0.15, -0.1) is 0 Å². The van der Waals surface area contributed by atoms with Gasteiger partial charge in [0.05, 0.1) is 10.0 Å². The number of ether oxygens (including phenoxy) is 1. The van der Waals surface area contributed by atoms with Gasteiger partial charge >= 0.3 is 0 Å². The van der Waals surface area contributed by atoms with E-state index in [2.05, 4.69) is 5.32 Å². The van der Waals surface area contributed by atoms with Gasteiger partial charge in [0.15, 0.2) is 6.61 Å². The van der Waals surface area contributed by atoms with Gasteiger partial charge in [-0.2, -0.15) is 0 Å². The van der Waals surface area contributed by atoms with E-state index in [9.17, 15) is 9.59 Å². The quantitative estimate of drug-likeness (QED) is 0.718. The van der Waals surface area contributed by atoms with Crippen LogP contribution in [-0.4, -0.2) is 36.4 Å². The van der Waals surface area contributed by atoms with Crippen LogP contribution < -0.4 is 10.1 Å². The van der Waals surface area contributed by atoms with Gasteiger partial charge in [0.25, 0.3) is 5.91 Å². The standard InChI is InChI=1S/C19H19Cl3N2O3/c1-12(19(26)23-2)24(10-13-3-8-16(21)17(22)9-13)18(25)11-27-15-6-4-14(20)5-7-15/h3-9,12H,10-11H2,1-2H3,(H,23,26). The van der Waals surface area contributed by atoms with Crippen LogP contribution in [0.5, 0.6) is 5.75 Å². The molecule has 0 aliphatic heterocycles. The van der Waals surface area contributed by atoms with Crippen molar-refractivity contribution in [1.29, 1.82) is 0 Å². The Kier molecular flexibility index (Phi) is 7.78. The first-order chi connectivity index (χ1) is 12.8. The lowest BCUT2D eigenvalue weighted by Crippen LogP contribution is -2.48. The van der Waals surface area contributed by atoms with Crippen molar-refractivity contribution in [2.75, 3.05) is 13.7 Å². The average Bonchev–Trinajstić information content (AvgIpc) is 2.67. The van der Waals surface area contributed by atoms with Gasteiger partial charge in [0.1, 0.15) is 11.8 Å². The summed E-state index contributed by atoms with van der Waals surface area (Å²) in [5.41, 5.74) is 0.750. The van der Waals surface area contributed by atoms with Crippen molar-refractivity contribution in [3.05, 3.63) is 63.1 Å². The van der Waals surface area contributed by atoms with Gasteiger partial charge in [-0.3, -0.25) is 9.59 Å². The first-order valence-electron chi connectivity index (χ1n) is 8.15. The molecule has 0 heterocycles. The summed E-state index contributed by atoms with van der Waals surface area (Å²) in [7, 11) is 1.52. The lowest BCUT2D eigenvalue weighted by atomic mass is 10.1. The zero-order valence-electron chi connectivity index (χ0n) is 14.8. The zero-order chi connectivity index (χ0) is 20.0. The monoisotopic (exact) mass is 428 g/mol. The van der Waals surface area contributed by atoms with Crippen LogP contribution in [0.25, 0.3) is 0 Å². The highest BCUT2D eigenvalue weighted by Crippen LogP contribution is 2.24. The highest BCUT2D eigenvalue weighted by Gasteiger charge is 2.26. The summed E-state index contributed by atoms with van der Waals surface area (Å²) in [5, 5.41) is 3.92. The fraction of sp³-hybridized carbons (Fsp3) is 0.263. The lowest BCUT2D eigenvalue weighted by molar-refractivity contribution is -0.142. The number of hydrogen-bond donors (Lipinski definition) is 1. The van der Waals surface area contributed by atoms with Crippen LogP contribution in [0.3, 0.4) is 0 Å². The molecule has 0 aliphatic carbocycles. The summed E-state index contributed by atoms with van der Waals surface area (Å²) < 4.78 is 5.52. The molecule has 0 spiro atoms. The molecule has 2 amide bonds. The van der Waals surface area contributed by atoms with Crippen LogP contribution in [0.15, 0.2) is 42.5 Å². The number of carbonyl (C=O) groups is 2. The van der Waals surface area contributed by atoms with Crippen LogP contribution in [-0.2, 0) is 16.1 Å². The van der Waals surface area contributed by atoms with E-state index < -0.39 is 6.04 Å². The number of amides is 2. The Bertz CT molecular complexity index is 812. The van der Waals surface area contributed by atoms with Crippen LogP contribution >= 0.6 is 34.8 Å². The first kappa shape index (κ1) is 21.4. The summed E-state index contributed by atoms with van der Waals surface area (Å²) in [6.45, 7) is 1.62. The fourth-order valence-corrected chi connectivity index (χ4v) is 2.83. The number of nitrogens with one attached hydrogen (secondary N) is 1. The molecule has 144 valence electrons. The molecule has 2 aromatic rings. The molecule has 0 bridgehead atoms. The molecular weight excluding hydrogens is 411 g/mol. The predicted molar refractivity (Wildman–Crippen MR) is 107 cm³/mol. The molecular formula is C19H19Cl3N2O3. The molecule has 2 aromatic carbocycles. The third-order valence-corrected chi connectivity index (χ3v) is 4.92. The van der Waals surface area contributed by atoms with Gasteiger partial charge in [0, 0.05) is 18.6 Å². The second-order valence-corrected chi connectivity index (χ2v) is 7.05. The molecule has 1 N–H and O–H groups in total. The molecule has 27 heavy (non-hydrogen) atoms. The number of likely N-dealkylation sites (N-methyl/N-ethyl adjacent to an activating group) is 1. The summed E-state index contributed by atoms with van der Waals surface area (Å²) in [6, 6.07) is 11.1. The Morgan fingerprint density at radius 3 is 2.33 bits per heavy atom. The van der Waals surface area contributed by atoms with Gasteiger partial charge in [-0.05, 0) is 48.9 Å². The predicted octanol–water partition coefficient (Wildman–Crippen LogP) is 4.19. The molecule has 0 aliphatic rings. The van der Waals surface area contributed by atoms with Gasteiger partial charge in [-0.1, -0.05) is 40.9 Å². The first-order valence-corrected chi connectivity index (χ1v) is 9.28. The van der Waals surface area contributed by atoms with Crippen molar-refractivity contribution < 1.29 is 14.3 Å². The van der Waals surface area contributed by atoms with Gasteiger partial charge in [0.2, 0.25) is 5.91 Å². The maximum atomic E-state index is 12.7. The van der Waals surface area contributed by atoms with Crippen LogP contribution in [0, 0.1) is 0 Å². The molecule has 0 saturated carbocycles. The minimum absolute atomic E-state index is 0.189. The molecule has 2 rings (SSSR count). The summed E-state index contributed by atoms with van der Waals surface area (Å²) >= 11 is 17.8. The van der Waals surface area contributed by atoms with E-state index in [0.717, 1.165) is 5.56 Å². The Hall–Kier alpha value is -1.95. The van der Waals surface area contributed by atoms with E-state index >= 15 is 0 Å². The van der Waals surface area contributed by atoms with Crippen molar-refractivity contribution >= 4 is 46.6 Å². The Balaban J connectivity index is 2.14. The Labute approximate surface area is 173 Å². The third kappa shape index (κ3) is 6.03. The number of nitrogens with zero attached hydrogens (tertiary/aromatic N) is 1. The third-order valence-electron chi connectivity index (χ3n) is 3.93. The lowest BCUT2D eigenvalue weighted by Gasteiger charge is -2.28. The molecule has 1 unspecified atom stereocenters. The van der Waals surface area contributed by atoms with Crippen LogP contribution in [0.4, 0.5) is 0 Å². The molecule has 0 saturated heterocycles. The maximum Gasteiger partial charge on any atom is 0.261 e. The normalized spacial score (nSPS) is 11.6. The Morgan fingerprint density at radius 2 is 1.74 bits per heavy atom. The SMILES string of the molecule is CNC(=O)C(C)N(Cc1ccc(Cl)c(Cl)c1)C(=O)COc1ccc(Cl)cc1. The minimum atomic E-state index is -0.689. The molecule has 0 aromatic heterocycles. The number of carbonyl (C=O) groups excluding carboxylic acids is 2. The van der Waals surface area contributed by atoms with E-state index in [4.69, 9.17) is 39.5 Å². The van der Waals surface area contributed by atoms with Crippen LogP contribution in [0.2, 0.25) is 15.1 Å². The minimum Gasteiger partial charge on any atom is -0.484 e. The molecule has 1 atom stereocenters. The number of halogens is 3. The summed E-state index contributed by atoms with van der Waals surface area (Å²) in [6.07, 6.45) is 0. The number of hydrogen-bond acceptors (Lipinski definition) is 3. The smallest absolute Gasteiger partial charge is 0.261 e. The molecule has 0 radical (unpaired) electrons.